The molecule has 0 aliphatic carbocycles. The highest BCUT2D eigenvalue weighted by atomic mass is 16.5. The van der Waals surface area contributed by atoms with Crippen LogP contribution in [0.15, 0.2) is 0 Å². The van der Waals surface area contributed by atoms with E-state index in [0.29, 0.717) is 11.8 Å². The average molecular weight is 272 g/mol. The minimum Gasteiger partial charge on any atom is -0.384 e. The van der Waals surface area contributed by atoms with Crippen LogP contribution in [0, 0.1) is 11.8 Å². The molecule has 116 valence electrons. The van der Waals surface area contributed by atoms with Crippen molar-refractivity contribution in [3.63, 3.8) is 0 Å². The van der Waals surface area contributed by atoms with E-state index in [9.17, 15) is 0 Å². The lowest BCUT2D eigenvalue weighted by atomic mass is 9.85. The maximum atomic E-state index is 5.42. The van der Waals surface area contributed by atoms with Crippen LogP contribution in [-0.4, -0.2) is 27.4 Å². The number of hydrogen-bond donors (Lipinski definition) is 0. The zero-order valence-corrected chi connectivity index (χ0v) is 13.7. The molecule has 2 nitrogen and oxygen atoms in total. The number of unbranched alkanes of at least 4 members (excludes halogenated alkanes) is 5. The van der Waals surface area contributed by atoms with Crippen LogP contribution >= 0.6 is 0 Å². The molecule has 0 aromatic carbocycles. The van der Waals surface area contributed by atoms with E-state index >= 15 is 0 Å². The van der Waals surface area contributed by atoms with Gasteiger partial charge in [-0.25, -0.2) is 0 Å². The predicted molar refractivity (Wildman–Crippen MR) is 83.6 cm³/mol. The van der Waals surface area contributed by atoms with Crippen LogP contribution in [0.1, 0.15) is 71.6 Å². The van der Waals surface area contributed by atoms with E-state index in [4.69, 9.17) is 9.47 Å². The van der Waals surface area contributed by atoms with E-state index in [0.717, 1.165) is 13.2 Å². The summed E-state index contributed by atoms with van der Waals surface area (Å²) in [5, 5.41) is 0. The van der Waals surface area contributed by atoms with Gasteiger partial charge in [0.25, 0.3) is 0 Å². The van der Waals surface area contributed by atoms with Crippen molar-refractivity contribution in [2.24, 2.45) is 11.8 Å². The van der Waals surface area contributed by atoms with Gasteiger partial charge in [-0.05, 0) is 24.7 Å². The van der Waals surface area contributed by atoms with Crippen LogP contribution in [0.3, 0.4) is 0 Å². The maximum Gasteiger partial charge on any atom is 0.0493 e. The second-order valence-corrected chi connectivity index (χ2v) is 5.78. The zero-order valence-electron chi connectivity index (χ0n) is 13.7. The Labute approximate surface area is 121 Å². The summed E-state index contributed by atoms with van der Waals surface area (Å²) in [6.45, 7) is 6.31. The first-order valence-electron chi connectivity index (χ1n) is 8.27. The summed E-state index contributed by atoms with van der Waals surface area (Å²) in [5.41, 5.74) is 0. The highest BCUT2D eigenvalue weighted by Gasteiger charge is 2.20. The molecule has 0 aliphatic heterocycles. The molecule has 0 saturated heterocycles. The third kappa shape index (κ3) is 10.4. The van der Waals surface area contributed by atoms with Crippen LogP contribution < -0.4 is 0 Å². The Balaban J connectivity index is 3.93. The van der Waals surface area contributed by atoms with Crippen LogP contribution in [0.2, 0.25) is 0 Å². The Morgan fingerprint density at radius 2 is 1.16 bits per heavy atom. The summed E-state index contributed by atoms with van der Waals surface area (Å²) in [4.78, 5) is 0. The van der Waals surface area contributed by atoms with Crippen molar-refractivity contribution in [2.45, 2.75) is 71.6 Å². The molecule has 0 fully saturated rings. The third-order valence-electron chi connectivity index (χ3n) is 4.02. The number of rotatable bonds is 14. The van der Waals surface area contributed by atoms with Gasteiger partial charge in [0.05, 0.1) is 0 Å². The van der Waals surface area contributed by atoms with E-state index in [2.05, 4.69) is 13.8 Å². The van der Waals surface area contributed by atoms with E-state index in [1.54, 1.807) is 0 Å². The molecule has 0 N–H and O–H groups in total. The molecular weight excluding hydrogens is 236 g/mol. The summed E-state index contributed by atoms with van der Waals surface area (Å²) >= 11 is 0. The largest absolute Gasteiger partial charge is 0.384 e. The Morgan fingerprint density at radius 1 is 0.632 bits per heavy atom. The Kier molecular flexibility index (Phi) is 14.3. The molecule has 0 radical (unpaired) electrons. The lowest BCUT2D eigenvalue weighted by Crippen LogP contribution is -2.23. The molecular formula is C17H36O2. The third-order valence-corrected chi connectivity index (χ3v) is 4.02. The average Bonchev–Trinajstić information content (AvgIpc) is 2.41. The lowest BCUT2D eigenvalue weighted by molar-refractivity contribution is 0.0601. The monoisotopic (exact) mass is 272 g/mol. The Morgan fingerprint density at radius 3 is 1.68 bits per heavy atom. The van der Waals surface area contributed by atoms with Gasteiger partial charge in [-0.2, -0.15) is 0 Å². The van der Waals surface area contributed by atoms with Gasteiger partial charge in [0, 0.05) is 27.4 Å². The van der Waals surface area contributed by atoms with Gasteiger partial charge in [-0.3, -0.25) is 0 Å². The zero-order chi connectivity index (χ0) is 14.3. The quantitative estimate of drug-likeness (QED) is 0.411. The maximum absolute atomic E-state index is 5.42. The van der Waals surface area contributed by atoms with Gasteiger partial charge >= 0.3 is 0 Å². The van der Waals surface area contributed by atoms with Crippen molar-refractivity contribution in [1.82, 2.24) is 0 Å². The van der Waals surface area contributed by atoms with Gasteiger partial charge in [0.1, 0.15) is 0 Å². The minimum atomic E-state index is 0.672. The topological polar surface area (TPSA) is 18.5 Å². The van der Waals surface area contributed by atoms with Crippen LogP contribution in [0.5, 0.6) is 0 Å². The fourth-order valence-electron chi connectivity index (χ4n) is 2.90. The van der Waals surface area contributed by atoms with Gasteiger partial charge in [0.2, 0.25) is 0 Å². The van der Waals surface area contributed by atoms with Crippen molar-refractivity contribution >= 4 is 0 Å². The molecule has 0 heterocycles. The first-order valence-corrected chi connectivity index (χ1v) is 8.27. The van der Waals surface area contributed by atoms with Crippen LogP contribution in [0.25, 0.3) is 0 Å². The molecule has 0 spiro atoms. The number of hydrogen-bond acceptors (Lipinski definition) is 2. The lowest BCUT2D eigenvalue weighted by Gasteiger charge is -2.26. The summed E-state index contributed by atoms with van der Waals surface area (Å²) < 4.78 is 10.8. The summed E-state index contributed by atoms with van der Waals surface area (Å²) in [7, 11) is 3.64. The molecule has 0 amide bonds. The predicted octanol–water partition coefficient (Wildman–Crippen LogP) is 5.06. The number of ether oxygens (including phenoxy) is 2. The standard InChI is InChI=1S/C17H36O2/c1-5-7-8-9-10-11-13-17(15-19-4)16(12-6-2)14-18-3/h16-17H,5-15H2,1-4H3. The second-order valence-electron chi connectivity index (χ2n) is 5.78. The van der Waals surface area contributed by atoms with Crippen molar-refractivity contribution < 1.29 is 9.47 Å². The van der Waals surface area contributed by atoms with Gasteiger partial charge < -0.3 is 9.47 Å². The molecule has 2 atom stereocenters. The first-order chi connectivity index (χ1) is 9.29. The van der Waals surface area contributed by atoms with Gasteiger partial charge in [0.15, 0.2) is 0 Å². The second kappa shape index (κ2) is 14.3. The molecule has 2 unspecified atom stereocenters. The van der Waals surface area contributed by atoms with E-state index in [-0.39, 0.29) is 0 Å². The molecule has 0 aromatic rings. The van der Waals surface area contributed by atoms with Crippen molar-refractivity contribution in [3.05, 3.63) is 0 Å². The SMILES string of the molecule is CCCCCCCCC(COC)C(CCC)COC. The van der Waals surface area contributed by atoms with E-state index < -0.39 is 0 Å². The van der Waals surface area contributed by atoms with Crippen molar-refractivity contribution in [2.75, 3.05) is 27.4 Å². The smallest absolute Gasteiger partial charge is 0.0493 e. The summed E-state index contributed by atoms with van der Waals surface area (Å²) in [5.74, 6) is 1.35. The Bertz CT molecular complexity index is 165. The fraction of sp³-hybridized carbons (Fsp3) is 1.00. The van der Waals surface area contributed by atoms with Crippen LogP contribution in [-0.2, 0) is 9.47 Å². The van der Waals surface area contributed by atoms with E-state index in [1.165, 1.54) is 57.8 Å². The molecule has 0 aliphatic rings. The van der Waals surface area contributed by atoms with E-state index in [1.807, 2.05) is 14.2 Å². The Hall–Kier alpha value is -0.0800. The normalized spacial score (nSPS) is 14.5. The number of methoxy groups -OCH3 is 2. The summed E-state index contributed by atoms with van der Waals surface area (Å²) in [6, 6.07) is 0. The first kappa shape index (κ1) is 18.9. The molecule has 2 heteroatoms. The van der Waals surface area contributed by atoms with Gasteiger partial charge in [-0.15, -0.1) is 0 Å². The molecule has 19 heavy (non-hydrogen) atoms. The highest BCUT2D eigenvalue weighted by Crippen LogP contribution is 2.24. The van der Waals surface area contributed by atoms with Crippen LogP contribution in [0.4, 0.5) is 0 Å². The molecule has 0 bridgehead atoms. The van der Waals surface area contributed by atoms with Crippen molar-refractivity contribution in [1.29, 1.82) is 0 Å². The molecule has 0 rings (SSSR count). The highest BCUT2D eigenvalue weighted by molar-refractivity contribution is 4.70. The molecule has 0 saturated carbocycles. The fourth-order valence-corrected chi connectivity index (χ4v) is 2.90. The summed E-state index contributed by atoms with van der Waals surface area (Å²) in [6.07, 6.45) is 12.1. The minimum absolute atomic E-state index is 0.672. The molecule has 0 aromatic heterocycles. The van der Waals surface area contributed by atoms with Crippen molar-refractivity contribution in [3.8, 4) is 0 Å². The van der Waals surface area contributed by atoms with Gasteiger partial charge in [-0.1, -0.05) is 58.8 Å².